The molecule has 0 radical (unpaired) electrons. The van der Waals surface area contributed by atoms with E-state index in [9.17, 15) is 0 Å². The Kier molecular flexibility index (Phi) is 1.86. The summed E-state index contributed by atoms with van der Waals surface area (Å²) in [6.45, 7) is 1.06. The van der Waals surface area contributed by atoms with Crippen LogP contribution in [0.15, 0.2) is 18.2 Å². The molecule has 2 heteroatoms. The van der Waals surface area contributed by atoms with E-state index in [1.807, 2.05) is 0 Å². The molecule has 0 amide bonds. The summed E-state index contributed by atoms with van der Waals surface area (Å²) in [7, 11) is 0. The zero-order valence-electron chi connectivity index (χ0n) is 8.25. The third-order valence-electron chi connectivity index (χ3n) is 3.17. The van der Waals surface area contributed by atoms with Crippen LogP contribution < -0.4 is 10.1 Å². The van der Waals surface area contributed by atoms with Crippen molar-refractivity contribution in [1.29, 1.82) is 0 Å². The molecule has 0 unspecified atom stereocenters. The van der Waals surface area contributed by atoms with Gasteiger partial charge in [-0.25, -0.2) is 0 Å². The highest BCUT2D eigenvalue weighted by molar-refractivity contribution is 5.61. The van der Waals surface area contributed by atoms with Gasteiger partial charge in [-0.1, -0.05) is 6.07 Å². The average Bonchev–Trinajstić information content (AvgIpc) is 2.59. The topological polar surface area (TPSA) is 21.3 Å². The molecule has 1 aromatic carbocycles. The van der Waals surface area contributed by atoms with Crippen molar-refractivity contribution in [2.24, 2.45) is 0 Å². The lowest BCUT2D eigenvalue weighted by Gasteiger charge is -2.27. The van der Waals surface area contributed by atoms with E-state index in [1.165, 1.54) is 30.5 Å². The minimum absolute atomic E-state index is 0.488. The molecule has 2 aliphatic rings. The van der Waals surface area contributed by atoms with Gasteiger partial charge in [-0.15, -0.1) is 0 Å². The van der Waals surface area contributed by atoms with Crippen molar-refractivity contribution in [3.63, 3.8) is 0 Å². The van der Waals surface area contributed by atoms with Gasteiger partial charge in [0.2, 0.25) is 0 Å². The van der Waals surface area contributed by atoms with Crippen LogP contribution in [-0.2, 0) is 6.42 Å². The Morgan fingerprint density at radius 2 is 2.21 bits per heavy atom. The molecule has 1 aliphatic heterocycles. The molecule has 14 heavy (non-hydrogen) atoms. The van der Waals surface area contributed by atoms with E-state index in [0.717, 1.165) is 18.7 Å². The normalized spacial score (nSPS) is 19.7. The van der Waals surface area contributed by atoms with Gasteiger partial charge in [-0.2, -0.15) is 0 Å². The SMILES string of the molecule is c1cc2c(c(OC3CCC3)c1)CCN2. The first-order valence-corrected chi connectivity index (χ1v) is 5.46. The zero-order chi connectivity index (χ0) is 9.38. The molecule has 1 aromatic rings. The van der Waals surface area contributed by atoms with Crippen LogP contribution >= 0.6 is 0 Å². The van der Waals surface area contributed by atoms with Crippen LogP contribution in [0.25, 0.3) is 0 Å². The van der Waals surface area contributed by atoms with Crippen LogP contribution in [0.5, 0.6) is 5.75 Å². The Balaban J connectivity index is 1.85. The summed E-state index contributed by atoms with van der Waals surface area (Å²) >= 11 is 0. The molecular formula is C12H15NO. The number of benzene rings is 1. The Morgan fingerprint density at radius 1 is 1.29 bits per heavy atom. The molecule has 0 aromatic heterocycles. The van der Waals surface area contributed by atoms with E-state index < -0.39 is 0 Å². The molecule has 0 atom stereocenters. The Labute approximate surface area is 84.3 Å². The summed E-state index contributed by atoms with van der Waals surface area (Å²) in [5, 5.41) is 3.37. The molecular weight excluding hydrogens is 174 g/mol. The maximum atomic E-state index is 5.95. The molecule has 0 saturated heterocycles. The highest BCUT2D eigenvalue weighted by atomic mass is 16.5. The number of nitrogens with one attached hydrogen (secondary N) is 1. The number of hydrogen-bond donors (Lipinski definition) is 1. The molecule has 74 valence electrons. The number of fused-ring (bicyclic) bond motifs is 1. The average molecular weight is 189 g/mol. The lowest BCUT2D eigenvalue weighted by atomic mass is 9.96. The van der Waals surface area contributed by atoms with Gasteiger partial charge in [0.1, 0.15) is 5.75 Å². The van der Waals surface area contributed by atoms with E-state index in [0.29, 0.717) is 6.10 Å². The summed E-state index contributed by atoms with van der Waals surface area (Å²) in [4.78, 5) is 0. The first-order valence-electron chi connectivity index (χ1n) is 5.46. The molecule has 1 aliphatic carbocycles. The number of ether oxygens (including phenoxy) is 1. The minimum Gasteiger partial charge on any atom is -0.490 e. The van der Waals surface area contributed by atoms with Gasteiger partial charge < -0.3 is 10.1 Å². The van der Waals surface area contributed by atoms with Crippen molar-refractivity contribution in [3.05, 3.63) is 23.8 Å². The standard InChI is InChI=1S/C12H15NO/c1-3-9(4-1)14-12-6-2-5-11-10(12)7-8-13-11/h2,5-6,9,13H,1,3-4,7-8H2. The maximum absolute atomic E-state index is 5.95. The number of hydrogen-bond acceptors (Lipinski definition) is 2. The smallest absolute Gasteiger partial charge is 0.125 e. The molecule has 1 heterocycles. The second-order valence-electron chi connectivity index (χ2n) is 4.13. The second-order valence-corrected chi connectivity index (χ2v) is 4.13. The molecule has 1 saturated carbocycles. The van der Waals surface area contributed by atoms with Gasteiger partial charge in [0, 0.05) is 17.8 Å². The fourth-order valence-electron chi connectivity index (χ4n) is 2.09. The molecule has 3 rings (SSSR count). The van der Waals surface area contributed by atoms with Crippen molar-refractivity contribution < 1.29 is 4.74 Å². The zero-order valence-corrected chi connectivity index (χ0v) is 8.25. The summed E-state index contributed by atoms with van der Waals surface area (Å²) in [5.41, 5.74) is 2.64. The van der Waals surface area contributed by atoms with Crippen LogP contribution in [-0.4, -0.2) is 12.6 Å². The summed E-state index contributed by atoms with van der Waals surface area (Å²) in [5.74, 6) is 1.11. The van der Waals surface area contributed by atoms with Gasteiger partial charge in [0.25, 0.3) is 0 Å². The van der Waals surface area contributed by atoms with Crippen LogP contribution in [0.4, 0.5) is 5.69 Å². The molecule has 0 spiro atoms. The third-order valence-corrected chi connectivity index (χ3v) is 3.17. The molecule has 1 N–H and O–H groups in total. The summed E-state index contributed by atoms with van der Waals surface area (Å²) < 4.78 is 5.95. The van der Waals surface area contributed by atoms with Gasteiger partial charge in [0.05, 0.1) is 6.10 Å². The Morgan fingerprint density at radius 3 is 3.00 bits per heavy atom. The summed E-state index contributed by atoms with van der Waals surface area (Å²) in [6.07, 6.45) is 5.40. The Hall–Kier alpha value is -1.18. The van der Waals surface area contributed by atoms with E-state index in [-0.39, 0.29) is 0 Å². The van der Waals surface area contributed by atoms with Crippen molar-refractivity contribution in [1.82, 2.24) is 0 Å². The van der Waals surface area contributed by atoms with Crippen molar-refractivity contribution in [2.45, 2.75) is 31.8 Å². The maximum Gasteiger partial charge on any atom is 0.125 e. The summed E-state index contributed by atoms with van der Waals surface area (Å²) in [6, 6.07) is 6.31. The predicted octanol–water partition coefficient (Wildman–Crippen LogP) is 2.59. The van der Waals surface area contributed by atoms with E-state index in [1.54, 1.807) is 0 Å². The van der Waals surface area contributed by atoms with Gasteiger partial charge in [-0.05, 0) is 37.8 Å². The van der Waals surface area contributed by atoms with Crippen molar-refractivity contribution in [2.75, 3.05) is 11.9 Å². The number of anilines is 1. The Bertz CT molecular complexity index is 344. The monoisotopic (exact) mass is 189 g/mol. The van der Waals surface area contributed by atoms with Gasteiger partial charge >= 0.3 is 0 Å². The van der Waals surface area contributed by atoms with Crippen LogP contribution in [0, 0.1) is 0 Å². The highest BCUT2D eigenvalue weighted by Crippen LogP contribution is 2.34. The molecule has 0 bridgehead atoms. The lowest BCUT2D eigenvalue weighted by molar-refractivity contribution is 0.119. The van der Waals surface area contributed by atoms with Crippen LogP contribution in [0.1, 0.15) is 24.8 Å². The predicted molar refractivity (Wildman–Crippen MR) is 56.9 cm³/mol. The van der Waals surface area contributed by atoms with E-state index in [4.69, 9.17) is 4.74 Å². The van der Waals surface area contributed by atoms with Crippen LogP contribution in [0.2, 0.25) is 0 Å². The highest BCUT2D eigenvalue weighted by Gasteiger charge is 2.22. The van der Waals surface area contributed by atoms with Crippen LogP contribution in [0.3, 0.4) is 0 Å². The van der Waals surface area contributed by atoms with E-state index in [2.05, 4.69) is 23.5 Å². The second kappa shape index (κ2) is 3.19. The number of rotatable bonds is 2. The van der Waals surface area contributed by atoms with E-state index >= 15 is 0 Å². The molecule has 1 fully saturated rings. The molecule has 2 nitrogen and oxygen atoms in total. The van der Waals surface area contributed by atoms with Crippen molar-refractivity contribution in [3.8, 4) is 5.75 Å². The lowest BCUT2D eigenvalue weighted by Crippen LogP contribution is -2.24. The fourth-order valence-corrected chi connectivity index (χ4v) is 2.09. The quantitative estimate of drug-likeness (QED) is 0.772. The fraction of sp³-hybridized carbons (Fsp3) is 0.500. The third kappa shape index (κ3) is 1.26. The van der Waals surface area contributed by atoms with Crippen molar-refractivity contribution >= 4 is 5.69 Å². The first-order chi connectivity index (χ1) is 6.93. The van der Waals surface area contributed by atoms with Gasteiger partial charge in [0.15, 0.2) is 0 Å². The largest absolute Gasteiger partial charge is 0.490 e. The first kappa shape index (κ1) is 8.16. The van der Waals surface area contributed by atoms with Gasteiger partial charge in [-0.3, -0.25) is 0 Å². The minimum atomic E-state index is 0.488.